The van der Waals surface area contributed by atoms with Crippen LogP contribution in [0.1, 0.15) is 17.5 Å². The molecule has 0 aliphatic heterocycles. The molecule has 0 amide bonds. The number of rotatable bonds is 2. The Bertz CT molecular complexity index is 592. The number of hydrogen-bond donors (Lipinski definition) is 2. The SMILES string of the molecule is Oc1ccccc1C1(c2ccccc2O)CC1(Cl)Cl. The lowest BCUT2D eigenvalue weighted by Crippen LogP contribution is -2.17. The standard InChI is InChI=1S/C15H12Cl2O2/c16-15(17)9-14(15,10-5-1-3-7-12(10)18)11-6-2-4-8-13(11)19/h1-8,18-19H,9H2. The second kappa shape index (κ2) is 4.06. The highest BCUT2D eigenvalue weighted by Gasteiger charge is 2.69. The van der Waals surface area contributed by atoms with Gasteiger partial charge in [0.25, 0.3) is 0 Å². The van der Waals surface area contributed by atoms with E-state index in [9.17, 15) is 10.2 Å². The van der Waals surface area contributed by atoms with Crippen molar-refractivity contribution in [1.82, 2.24) is 0 Å². The lowest BCUT2D eigenvalue weighted by Gasteiger charge is -2.21. The molecule has 2 aromatic rings. The molecule has 0 spiro atoms. The van der Waals surface area contributed by atoms with Crippen molar-refractivity contribution in [3.63, 3.8) is 0 Å². The fraction of sp³-hybridized carbons (Fsp3) is 0.200. The number of halogens is 2. The summed E-state index contributed by atoms with van der Waals surface area (Å²) in [5, 5.41) is 20.1. The highest BCUT2D eigenvalue weighted by molar-refractivity contribution is 6.52. The van der Waals surface area contributed by atoms with Gasteiger partial charge < -0.3 is 10.2 Å². The number of phenolic OH excluding ortho intramolecular Hbond substituents is 2. The number of aromatic hydroxyl groups is 2. The van der Waals surface area contributed by atoms with Gasteiger partial charge in [-0.05, 0) is 18.6 Å². The van der Waals surface area contributed by atoms with Crippen molar-refractivity contribution in [3.8, 4) is 11.5 Å². The molecule has 0 aromatic heterocycles. The molecule has 0 saturated heterocycles. The van der Waals surface area contributed by atoms with E-state index in [1.807, 2.05) is 12.1 Å². The number of para-hydroxylation sites is 2. The Morgan fingerprint density at radius 1 is 0.789 bits per heavy atom. The Hall–Kier alpha value is -1.38. The highest BCUT2D eigenvalue weighted by atomic mass is 35.5. The highest BCUT2D eigenvalue weighted by Crippen LogP contribution is 2.70. The molecule has 0 radical (unpaired) electrons. The summed E-state index contributed by atoms with van der Waals surface area (Å²) >= 11 is 12.6. The van der Waals surface area contributed by atoms with Crippen LogP contribution in [-0.4, -0.2) is 14.5 Å². The van der Waals surface area contributed by atoms with Crippen LogP contribution in [0.25, 0.3) is 0 Å². The van der Waals surface area contributed by atoms with Crippen LogP contribution < -0.4 is 0 Å². The summed E-state index contributed by atoms with van der Waals surface area (Å²) in [4.78, 5) is 0. The van der Waals surface area contributed by atoms with Gasteiger partial charge in [0.1, 0.15) is 15.8 Å². The van der Waals surface area contributed by atoms with Crippen molar-refractivity contribution in [2.24, 2.45) is 0 Å². The van der Waals surface area contributed by atoms with E-state index < -0.39 is 9.75 Å². The molecule has 1 saturated carbocycles. The summed E-state index contributed by atoms with van der Waals surface area (Å²) in [7, 11) is 0. The second-order valence-corrected chi connectivity index (χ2v) is 6.30. The smallest absolute Gasteiger partial charge is 0.133 e. The molecule has 1 aliphatic carbocycles. The molecule has 2 N–H and O–H groups in total. The molecule has 19 heavy (non-hydrogen) atoms. The minimum atomic E-state index is -1.02. The minimum absolute atomic E-state index is 0.133. The van der Waals surface area contributed by atoms with Gasteiger partial charge in [-0.3, -0.25) is 0 Å². The maximum Gasteiger partial charge on any atom is 0.133 e. The lowest BCUT2D eigenvalue weighted by molar-refractivity contribution is 0.451. The van der Waals surface area contributed by atoms with Crippen molar-refractivity contribution in [1.29, 1.82) is 0 Å². The number of alkyl halides is 2. The molecule has 98 valence electrons. The predicted octanol–water partition coefficient (Wildman–Crippen LogP) is 3.96. The molecule has 1 fully saturated rings. The van der Waals surface area contributed by atoms with E-state index in [1.54, 1.807) is 36.4 Å². The predicted molar refractivity (Wildman–Crippen MR) is 76.0 cm³/mol. The first-order chi connectivity index (χ1) is 8.99. The quantitative estimate of drug-likeness (QED) is 0.823. The largest absolute Gasteiger partial charge is 0.508 e. The third-order valence-electron chi connectivity index (χ3n) is 3.71. The molecule has 0 heterocycles. The Labute approximate surface area is 121 Å². The van der Waals surface area contributed by atoms with E-state index in [0.717, 1.165) is 0 Å². The van der Waals surface area contributed by atoms with Gasteiger partial charge >= 0.3 is 0 Å². The maximum atomic E-state index is 10.1. The van der Waals surface area contributed by atoms with Crippen LogP contribution in [0.2, 0.25) is 0 Å². The summed E-state index contributed by atoms with van der Waals surface area (Å²) in [5.74, 6) is 0.267. The average molecular weight is 295 g/mol. The van der Waals surface area contributed by atoms with Gasteiger partial charge in [0, 0.05) is 11.1 Å². The molecule has 2 nitrogen and oxygen atoms in total. The third kappa shape index (κ3) is 1.71. The van der Waals surface area contributed by atoms with Gasteiger partial charge in [-0.1, -0.05) is 36.4 Å². The zero-order chi connectivity index (χ0) is 13.7. The van der Waals surface area contributed by atoms with Crippen LogP contribution in [0.15, 0.2) is 48.5 Å². The molecular formula is C15H12Cl2O2. The first kappa shape index (κ1) is 12.6. The van der Waals surface area contributed by atoms with Crippen molar-refractivity contribution in [2.45, 2.75) is 16.2 Å². The number of phenols is 2. The average Bonchev–Trinajstić information content (AvgIpc) is 2.94. The van der Waals surface area contributed by atoms with Gasteiger partial charge in [-0.2, -0.15) is 0 Å². The van der Waals surface area contributed by atoms with Crippen molar-refractivity contribution < 1.29 is 10.2 Å². The third-order valence-corrected chi connectivity index (χ3v) is 4.63. The van der Waals surface area contributed by atoms with Crippen LogP contribution in [0, 0.1) is 0 Å². The molecular weight excluding hydrogens is 283 g/mol. The van der Waals surface area contributed by atoms with Crippen LogP contribution in [-0.2, 0) is 5.41 Å². The van der Waals surface area contributed by atoms with E-state index in [1.165, 1.54) is 0 Å². The first-order valence-corrected chi connectivity index (χ1v) is 6.69. The molecule has 3 rings (SSSR count). The molecule has 2 aromatic carbocycles. The van der Waals surface area contributed by atoms with E-state index in [-0.39, 0.29) is 11.5 Å². The summed E-state index contributed by atoms with van der Waals surface area (Å²) in [6, 6.07) is 13.9. The monoisotopic (exact) mass is 294 g/mol. The van der Waals surface area contributed by atoms with Crippen LogP contribution in [0.4, 0.5) is 0 Å². The maximum absolute atomic E-state index is 10.1. The Morgan fingerprint density at radius 2 is 1.16 bits per heavy atom. The lowest BCUT2D eigenvalue weighted by atomic mass is 9.86. The van der Waals surface area contributed by atoms with Crippen molar-refractivity contribution in [2.75, 3.05) is 0 Å². The Balaban J connectivity index is 2.24. The fourth-order valence-corrected chi connectivity index (χ4v) is 3.50. The zero-order valence-corrected chi connectivity index (χ0v) is 11.5. The zero-order valence-electron chi connectivity index (χ0n) is 9.98. The molecule has 4 heteroatoms. The molecule has 0 bridgehead atoms. The van der Waals surface area contributed by atoms with E-state index >= 15 is 0 Å². The van der Waals surface area contributed by atoms with E-state index in [2.05, 4.69) is 0 Å². The molecule has 0 unspecified atom stereocenters. The van der Waals surface area contributed by atoms with Crippen molar-refractivity contribution in [3.05, 3.63) is 59.7 Å². The first-order valence-electron chi connectivity index (χ1n) is 5.94. The van der Waals surface area contributed by atoms with Gasteiger partial charge in [0.15, 0.2) is 0 Å². The van der Waals surface area contributed by atoms with Crippen LogP contribution in [0.5, 0.6) is 11.5 Å². The van der Waals surface area contributed by atoms with Gasteiger partial charge in [0.05, 0.1) is 5.41 Å². The van der Waals surface area contributed by atoms with Crippen LogP contribution in [0.3, 0.4) is 0 Å². The number of hydrogen-bond acceptors (Lipinski definition) is 2. The molecule has 1 aliphatic rings. The Kier molecular flexibility index (Phi) is 2.70. The Morgan fingerprint density at radius 3 is 1.47 bits per heavy atom. The van der Waals surface area contributed by atoms with Gasteiger partial charge in [0.2, 0.25) is 0 Å². The minimum Gasteiger partial charge on any atom is -0.508 e. The summed E-state index contributed by atoms with van der Waals surface area (Å²) < 4.78 is -1.02. The fourth-order valence-electron chi connectivity index (χ4n) is 2.69. The molecule has 0 atom stereocenters. The van der Waals surface area contributed by atoms with Gasteiger partial charge in [-0.25, -0.2) is 0 Å². The number of benzene rings is 2. The topological polar surface area (TPSA) is 40.5 Å². The van der Waals surface area contributed by atoms with Crippen LogP contribution >= 0.6 is 23.2 Å². The summed E-state index contributed by atoms with van der Waals surface area (Å²) in [5.41, 5.74) is 0.523. The summed E-state index contributed by atoms with van der Waals surface area (Å²) in [6.45, 7) is 0. The summed E-state index contributed by atoms with van der Waals surface area (Å²) in [6.07, 6.45) is 0.457. The van der Waals surface area contributed by atoms with Crippen molar-refractivity contribution >= 4 is 23.2 Å². The normalized spacial score (nSPS) is 19.1. The van der Waals surface area contributed by atoms with E-state index in [4.69, 9.17) is 23.2 Å². The van der Waals surface area contributed by atoms with E-state index in [0.29, 0.717) is 17.5 Å². The second-order valence-electron chi connectivity index (χ2n) is 4.82. The van der Waals surface area contributed by atoms with Gasteiger partial charge in [-0.15, -0.1) is 23.2 Å².